The molecule has 0 amide bonds. The van der Waals surface area contributed by atoms with E-state index >= 15 is 0 Å². The number of halogens is 1. The van der Waals surface area contributed by atoms with Crippen LogP contribution in [0.25, 0.3) is 6.08 Å². The van der Waals surface area contributed by atoms with Crippen molar-refractivity contribution in [3.63, 3.8) is 0 Å². The highest BCUT2D eigenvalue weighted by atomic mass is 35.5. The molecule has 18 heavy (non-hydrogen) atoms. The second-order valence-corrected chi connectivity index (χ2v) is 4.19. The monoisotopic (exact) mass is 258 g/mol. The molecular weight excluding hydrogens is 248 g/mol. The van der Waals surface area contributed by atoms with Gasteiger partial charge in [-0.25, -0.2) is 0 Å². The predicted octanol–water partition coefficient (Wildman–Crippen LogP) is 3.85. The van der Waals surface area contributed by atoms with Crippen molar-refractivity contribution in [3.05, 3.63) is 70.8 Å². The standard InChI is InChI=1S/C15H11ClO2/c16-14(10-11-6-8-13(17)9-7-11)15(18)12-4-2-1-3-5-12/h1-10,17H. The summed E-state index contributed by atoms with van der Waals surface area (Å²) in [6.07, 6.45) is 1.58. The van der Waals surface area contributed by atoms with E-state index in [1.165, 1.54) is 0 Å². The SMILES string of the molecule is O=C(C(Cl)=Cc1ccc(O)cc1)c1ccccc1. The summed E-state index contributed by atoms with van der Waals surface area (Å²) in [5.74, 6) is -0.0389. The molecule has 0 saturated heterocycles. The third-order valence-corrected chi connectivity index (χ3v) is 2.72. The molecule has 0 radical (unpaired) electrons. The maximum absolute atomic E-state index is 12.0. The molecule has 0 heterocycles. The molecule has 2 nitrogen and oxygen atoms in total. The van der Waals surface area contributed by atoms with Crippen molar-refractivity contribution in [1.82, 2.24) is 0 Å². The summed E-state index contributed by atoms with van der Waals surface area (Å²) >= 11 is 5.99. The zero-order valence-electron chi connectivity index (χ0n) is 9.51. The lowest BCUT2D eigenvalue weighted by Gasteiger charge is -2.00. The first-order valence-electron chi connectivity index (χ1n) is 5.43. The third kappa shape index (κ3) is 2.99. The van der Waals surface area contributed by atoms with Crippen LogP contribution in [0.1, 0.15) is 15.9 Å². The second-order valence-electron chi connectivity index (χ2n) is 3.78. The Labute approximate surface area is 110 Å². The summed E-state index contributed by atoms with van der Waals surface area (Å²) in [7, 11) is 0. The van der Waals surface area contributed by atoms with E-state index < -0.39 is 0 Å². The zero-order chi connectivity index (χ0) is 13.0. The summed E-state index contributed by atoms with van der Waals surface area (Å²) in [6.45, 7) is 0. The van der Waals surface area contributed by atoms with Crippen LogP contribution in [0.5, 0.6) is 5.75 Å². The first-order chi connectivity index (χ1) is 8.66. The van der Waals surface area contributed by atoms with Crippen molar-refractivity contribution in [3.8, 4) is 5.75 Å². The van der Waals surface area contributed by atoms with Gasteiger partial charge in [-0.1, -0.05) is 54.1 Å². The van der Waals surface area contributed by atoms with E-state index in [-0.39, 0.29) is 16.6 Å². The van der Waals surface area contributed by atoms with Gasteiger partial charge in [0.15, 0.2) is 0 Å². The average Bonchev–Trinajstić information content (AvgIpc) is 2.41. The number of hydrogen-bond acceptors (Lipinski definition) is 2. The van der Waals surface area contributed by atoms with Crippen LogP contribution in [0.4, 0.5) is 0 Å². The largest absolute Gasteiger partial charge is 0.508 e. The number of aromatic hydroxyl groups is 1. The Morgan fingerprint density at radius 3 is 2.22 bits per heavy atom. The quantitative estimate of drug-likeness (QED) is 0.671. The van der Waals surface area contributed by atoms with E-state index in [1.54, 1.807) is 54.6 Å². The highest BCUT2D eigenvalue weighted by molar-refractivity contribution is 6.47. The molecule has 2 aromatic carbocycles. The van der Waals surface area contributed by atoms with Crippen LogP contribution < -0.4 is 0 Å². The maximum Gasteiger partial charge on any atom is 0.204 e. The molecule has 0 aliphatic rings. The van der Waals surface area contributed by atoms with Gasteiger partial charge in [0, 0.05) is 5.56 Å². The molecule has 0 aliphatic heterocycles. The van der Waals surface area contributed by atoms with Gasteiger partial charge in [0.05, 0.1) is 5.03 Å². The van der Waals surface area contributed by atoms with Gasteiger partial charge >= 0.3 is 0 Å². The Bertz CT molecular complexity index is 571. The molecule has 0 aliphatic carbocycles. The van der Waals surface area contributed by atoms with E-state index in [4.69, 9.17) is 16.7 Å². The van der Waals surface area contributed by atoms with Crippen molar-refractivity contribution in [2.45, 2.75) is 0 Å². The molecule has 90 valence electrons. The number of allylic oxidation sites excluding steroid dienone is 1. The van der Waals surface area contributed by atoms with Crippen LogP contribution in [-0.4, -0.2) is 10.9 Å². The Kier molecular flexibility index (Phi) is 3.80. The minimum Gasteiger partial charge on any atom is -0.508 e. The summed E-state index contributed by atoms with van der Waals surface area (Å²) < 4.78 is 0. The normalized spacial score (nSPS) is 11.3. The van der Waals surface area contributed by atoms with Crippen LogP contribution in [0.2, 0.25) is 0 Å². The molecule has 0 aromatic heterocycles. The molecule has 0 unspecified atom stereocenters. The number of Topliss-reactive ketones (excluding diaryl/α,β-unsaturated/α-hetero) is 1. The fraction of sp³-hybridized carbons (Fsp3) is 0. The molecule has 2 rings (SSSR count). The van der Waals surface area contributed by atoms with E-state index in [0.717, 1.165) is 5.56 Å². The molecule has 3 heteroatoms. The highest BCUT2D eigenvalue weighted by Gasteiger charge is 2.09. The molecule has 0 fully saturated rings. The lowest BCUT2D eigenvalue weighted by Crippen LogP contribution is -1.98. The summed E-state index contributed by atoms with van der Waals surface area (Å²) in [5.41, 5.74) is 1.32. The molecule has 0 bridgehead atoms. The minimum absolute atomic E-state index is 0.145. The average molecular weight is 259 g/mol. The lowest BCUT2D eigenvalue weighted by molar-refractivity contribution is 0.104. The Balaban J connectivity index is 2.23. The fourth-order valence-corrected chi connectivity index (χ4v) is 1.74. The van der Waals surface area contributed by atoms with Gasteiger partial charge in [-0.3, -0.25) is 4.79 Å². The first-order valence-corrected chi connectivity index (χ1v) is 5.80. The van der Waals surface area contributed by atoms with Gasteiger partial charge in [-0.15, -0.1) is 0 Å². The number of hydrogen-bond donors (Lipinski definition) is 1. The van der Waals surface area contributed by atoms with Gasteiger partial charge in [0.25, 0.3) is 0 Å². The number of carbonyl (C=O) groups excluding carboxylic acids is 1. The Hall–Kier alpha value is -2.06. The zero-order valence-corrected chi connectivity index (χ0v) is 10.3. The van der Waals surface area contributed by atoms with E-state index in [0.29, 0.717) is 5.56 Å². The predicted molar refractivity (Wildman–Crippen MR) is 72.7 cm³/mol. The first kappa shape index (κ1) is 12.4. The molecule has 0 atom stereocenters. The van der Waals surface area contributed by atoms with Crippen LogP contribution >= 0.6 is 11.6 Å². The Morgan fingerprint density at radius 2 is 1.61 bits per heavy atom. The van der Waals surface area contributed by atoms with E-state index in [9.17, 15) is 4.79 Å². The third-order valence-electron chi connectivity index (χ3n) is 2.44. The van der Waals surface area contributed by atoms with Gasteiger partial charge in [0.2, 0.25) is 5.78 Å². The molecule has 1 N–H and O–H groups in total. The number of phenolic OH excluding ortho intramolecular Hbond substituents is 1. The number of carbonyl (C=O) groups is 1. The van der Waals surface area contributed by atoms with Crippen molar-refractivity contribution in [2.75, 3.05) is 0 Å². The summed E-state index contributed by atoms with van der Waals surface area (Å²) in [6, 6.07) is 15.3. The number of rotatable bonds is 3. The molecular formula is C15H11ClO2. The van der Waals surface area contributed by atoms with Crippen LogP contribution in [0, 0.1) is 0 Å². The maximum atomic E-state index is 12.0. The second kappa shape index (κ2) is 5.52. The summed E-state index contributed by atoms with van der Waals surface area (Å²) in [4.78, 5) is 12.0. The van der Waals surface area contributed by atoms with Crippen molar-refractivity contribution >= 4 is 23.5 Å². The van der Waals surface area contributed by atoms with Crippen LogP contribution in [-0.2, 0) is 0 Å². The minimum atomic E-state index is -0.217. The topological polar surface area (TPSA) is 37.3 Å². The Morgan fingerprint density at radius 1 is 1.00 bits per heavy atom. The van der Waals surface area contributed by atoms with Gasteiger partial charge in [-0.2, -0.15) is 0 Å². The highest BCUT2D eigenvalue weighted by Crippen LogP contribution is 2.17. The summed E-state index contributed by atoms with van der Waals surface area (Å²) in [5, 5.41) is 9.30. The van der Waals surface area contributed by atoms with Gasteiger partial charge < -0.3 is 5.11 Å². The van der Waals surface area contributed by atoms with Gasteiger partial charge in [-0.05, 0) is 23.8 Å². The molecule has 0 spiro atoms. The van der Waals surface area contributed by atoms with E-state index in [1.807, 2.05) is 6.07 Å². The smallest absolute Gasteiger partial charge is 0.204 e. The number of benzene rings is 2. The van der Waals surface area contributed by atoms with Crippen LogP contribution in [0.15, 0.2) is 59.6 Å². The van der Waals surface area contributed by atoms with E-state index in [2.05, 4.69) is 0 Å². The lowest BCUT2D eigenvalue weighted by atomic mass is 10.1. The van der Waals surface area contributed by atoms with Crippen molar-refractivity contribution < 1.29 is 9.90 Å². The number of phenols is 1. The van der Waals surface area contributed by atoms with Crippen LogP contribution in [0.3, 0.4) is 0 Å². The van der Waals surface area contributed by atoms with Crippen molar-refractivity contribution in [2.24, 2.45) is 0 Å². The van der Waals surface area contributed by atoms with Crippen molar-refractivity contribution in [1.29, 1.82) is 0 Å². The van der Waals surface area contributed by atoms with Gasteiger partial charge in [0.1, 0.15) is 5.75 Å². The number of ketones is 1. The molecule has 0 saturated carbocycles. The molecule has 2 aromatic rings. The fourth-order valence-electron chi connectivity index (χ4n) is 1.51.